The highest BCUT2D eigenvalue weighted by atomic mass is 32.2. The van der Waals surface area contributed by atoms with Gasteiger partial charge in [-0.05, 0) is 55.2 Å². The standard InChI is InChI=1S/C23H23F3N2O4S/c1-14-9-10-15(13-28-21(29)18-7-2-3-8-19(18)22(28)30)11-20(14)33(31,32)27-17-6-4-5-16(12-17)23(24,25)26/h4-6,9-12,18-19,27H,2-3,7-8,13H2,1H3/t18-,19-/m1/s1. The zero-order valence-electron chi connectivity index (χ0n) is 17.9. The Balaban J connectivity index is 1.58. The van der Waals surface area contributed by atoms with Gasteiger partial charge in [0.25, 0.3) is 10.0 Å². The molecule has 1 N–H and O–H groups in total. The van der Waals surface area contributed by atoms with Gasteiger partial charge in [-0.1, -0.05) is 31.0 Å². The van der Waals surface area contributed by atoms with Crippen LogP contribution < -0.4 is 4.72 Å². The molecular weight excluding hydrogens is 457 g/mol. The number of sulfonamides is 1. The number of carbonyl (C=O) groups is 2. The van der Waals surface area contributed by atoms with Crippen molar-refractivity contribution in [1.29, 1.82) is 0 Å². The Morgan fingerprint density at radius 3 is 2.24 bits per heavy atom. The number of imide groups is 1. The molecule has 6 nitrogen and oxygen atoms in total. The Hall–Kier alpha value is -2.88. The summed E-state index contributed by atoms with van der Waals surface area (Å²) < 4.78 is 67.0. The van der Waals surface area contributed by atoms with Crippen molar-refractivity contribution in [2.24, 2.45) is 11.8 Å². The SMILES string of the molecule is Cc1ccc(CN2C(=O)[C@@H]3CCCC[C@H]3C2=O)cc1S(=O)(=O)Nc1cccc(C(F)(F)F)c1. The highest BCUT2D eigenvalue weighted by molar-refractivity contribution is 7.92. The molecule has 176 valence electrons. The summed E-state index contributed by atoms with van der Waals surface area (Å²) in [6, 6.07) is 8.47. The fourth-order valence-corrected chi connectivity index (χ4v) is 5.92. The number of likely N-dealkylation sites (tertiary alicyclic amines) is 1. The van der Waals surface area contributed by atoms with E-state index in [4.69, 9.17) is 0 Å². The van der Waals surface area contributed by atoms with E-state index in [1.807, 2.05) is 0 Å². The molecule has 4 rings (SSSR count). The molecule has 2 atom stereocenters. The Kier molecular flexibility index (Phi) is 5.98. The molecule has 33 heavy (non-hydrogen) atoms. The van der Waals surface area contributed by atoms with Crippen LogP contribution in [0.4, 0.5) is 18.9 Å². The van der Waals surface area contributed by atoms with Crippen LogP contribution in [0.3, 0.4) is 0 Å². The number of fused-ring (bicyclic) bond motifs is 1. The van der Waals surface area contributed by atoms with Gasteiger partial charge in [0, 0.05) is 5.69 Å². The van der Waals surface area contributed by atoms with Gasteiger partial charge in [-0.2, -0.15) is 13.2 Å². The summed E-state index contributed by atoms with van der Waals surface area (Å²) in [7, 11) is -4.22. The Labute approximate surface area is 189 Å². The second kappa shape index (κ2) is 8.48. The van der Waals surface area contributed by atoms with Gasteiger partial charge in [-0.25, -0.2) is 8.42 Å². The quantitative estimate of drug-likeness (QED) is 0.640. The van der Waals surface area contributed by atoms with E-state index in [-0.39, 0.29) is 40.8 Å². The van der Waals surface area contributed by atoms with E-state index in [1.165, 1.54) is 17.0 Å². The second-order valence-corrected chi connectivity index (χ2v) is 10.2. The summed E-state index contributed by atoms with van der Waals surface area (Å²) in [6.45, 7) is 1.52. The minimum absolute atomic E-state index is 0.0446. The maximum atomic E-state index is 13.0. The third kappa shape index (κ3) is 4.62. The third-order valence-corrected chi connectivity index (χ3v) is 7.78. The molecular formula is C23H23F3N2O4S. The van der Waals surface area contributed by atoms with Gasteiger partial charge in [-0.3, -0.25) is 19.2 Å². The number of carbonyl (C=O) groups excluding carboxylic acids is 2. The number of benzene rings is 2. The number of nitrogens with one attached hydrogen (secondary N) is 1. The second-order valence-electron chi connectivity index (χ2n) is 8.54. The van der Waals surface area contributed by atoms with Crippen LogP contribution in [0.2, 0.25) is 0 Å². The molecule has 0 radical (unpaired) electrons. The average Bonchev–Trinajstić information content (AvgIpc) is 2.99. The van der Waals surface area contributed by atoms with E-state index in [2.05, 4.69) is 4.72 Å². The molecule has 0 unspecified atom stereocenters. The maximum Gasteiger partial charge on any atom is 0.416 e. The van der Waals surface area contributed by atoms with Crippen molar-refractivity contribution >= 4 is 27.5 Å². The van der Waals surface area contributed by atoms with E-state index < -0.39 is 21.8 Å². The minimum Gasteiger partial charge on any atom is -0.280 e. The number of nitrogens with zero attached hydrogens (tertiary/aromatic N) is 1. The van der Waals surface area contributed by atoms with Crippen LogP contribution in [0, 0.1) is 18.8 Å². The molecule has 1 heterocycles. The first-order chi connectivity index (χ1) is 15.5. The lowest BCUT2D eigenvalue weighted by Crippen LogP contribution is -2.30. The zero-order valence-corrected chi connectivity index (χ0v) is 18.7. The van der Waals surface area contributed by atoms with Crippen molar-refractivity contribution in [3.63, 3.8) is 0 Å². The van der Waals surface area contributed by atoms with Crippen LogP contribution in [-0.4, -0.2) is 25.1 Å². The lowest BCUT2D eigenvalue weighted by Gasteiger charge is -2.19. The van der Waals surface area contributed by atoms with Gasteiger partial charge >= 0.3 is 6.18 Å². The van der Waals surface area contributed by atoms with Crippen LogP contribution in [-0.2, 0) is 32.3 Å². The molecule has 10 heteroatoms. The lowest BCUT2D eigenvalue weighted by molar-refractivity contribution is -0.141. The van der Waals surface area contributed by atoms with Crippen molar-refractivity contribution in [3.8, 4) is 0 Å². The van der Waals surface area contributed by atoms with E-state index in [9.17, 15) is 31.2 Å². The van der Waals surface area contributed by atoms with Crippen LogP contribution in [0.25, 0.3) is 0 Å². The summed E-state index contributed by atoms with van der Waals surface area (Å²) in [5.74, 6) is -1.06. The predicted octanol–water partition coefficient (Wildman–Crippen LogP) is 4.49. The summed E-state index contributed by atoms with van der Waals surface area (Å²) in [4.78, 5) is 26.5. The number of amides is 2. The number of anilines is 1. The number of aryl methyl sites for hydroxylation is 1. The molecule has 2 fully saturated rings. The summed E-state index contributed by atoms with van der Waals surface area (Å²) in [5, 5.41) is 0. The molecule has 2 amide bonds. The van der Waals surface area contributed by atoms with Crippen molar-refractivity contribution in [3.05, 3.63) is 59.2 Å². The highest BCUT2D eigenvalue weighted by Crippen LogP contribution is 2.39. The van der Waals surface area contributed by atoms with Gasteiger partial charge in [0.2, 0.25) is 11.8 Å². The van der Waals surface area contributed by atoms with E-state index in [0.29, 0.717) is 24.0 Å². The number of halogens is 3. The number of alkyl halides is 3. The molecule has 2 aromatic rings. The fourth-order valence-electron chi connectivity index (χ4n) is 4.57. The van der Waals surface area contributed by atoms with Crippen LogP contribution in [0.1, 0.15) is 42.4 Å². The Morgan fingerprint density at radius 1 is 1.00 bits per heavy atom. The monoisotopic (exact) mass is 480 g/mol. The number of rotatable bonds is 5. The van der Waals surface area contributed by atoms with E-state index in [1.54, 1.807) is 19.1 Å². The van der Waals surface area contributed by atoms with Crippen LogP contribution in [0.15, 0.2) is 47.4 Å². The molecule has 1 aliphatic carbocycles. The largest absolute Gasteiger partial charge is 0.416 e. The first-order valence-electron chi connectivity index (χ1n) is 10.6. The summed E-state index contributed by atoms with van der Waals surface area (Å²) in [6.07, 6.45) is -1.44. The summed E-state index contributed by atoms with van der Waals surface area (Å²) in [5.41, 5.74) is -0.361. The normalized spacial score (nSPS) is 21.3. The highest BCUT2D eigenvalue weighted by Gasteiger charge is 2.47. The van der Waals surface area contributed by atoms with Gasteiger partial charge < -0.3 is 0 Å². The molecule has 1 saturated carbocycles. The molecule has 0 spiro atoms. The summed E-state index contributed by atoms with van der Waals surface area (Å²) >= 11 is 0. The van der Waals surface area contributed by atoms with Crippen LogP contribution in [0.5, 0.6) is 0 Å². The Morgan fingerprint density at radius 2 is 1.64 bits per heavy atom. The third-order valence-electron chi connectivity index (χ3n) is 6.26. The van der Waals surface area contributed by atoms with Crippen molar-refractivity contribution < 1.29 is 31.2 Å². The molecule has 1 aliphatic heterocycles. The smallest absolute Gasteiger partial charge is 0.280 e. The first kappa shape index (κ1) is 23.3. The molecule has 2 aromatic carbocycles. The average molecular weight is 481 g/mol. The molecule has 1 saturated heterocycles. The molecule has 0 aromatic heterocycles. The lowest BCUT2D eigenvalue weighted by atomic mass is 9.81. The van der Waals surface area contributed by atoms with Crippen molar-refractivity contribution in [2.45, 2.75) is 50.2 Å². The van der Waals surface area contributed by atoms with Crippen LogP contribution >= 0.6 is 0 Å². The molecule has 2 aliphatic rings. The van der Waals surface area contributed by atoms with Gasteiger partial charge in [-0.15, -0.1) is 0 Å². The minimum atomic E-state index is -4.61. The van der Waals surface area contributed by atoms with E-state index in [0.717, 1.165) is 31.0 Å². The molecule has 0 bridgehead atoms. The number of hydrogen-bond donors (Lipinski definition) is 1. The van der Waals surface area contributed by atoms with Crippen molar-refractivity contribution in [2.75, 3.05) is 4.72 Å². The van der Waals surface area contributed by atoms with Gasteiger partial charge in [0.15, 0.2) is 0 Å². The van der Waals surface area contributed by atoms with Gasteiger partial charge in [0.1, 0.15) is 0 Å². The maximum absolute atomic E-state index is 13.0. The first-order valence-corrected chi connectivity index (χ1v) is 12.1. The van der Waals surface area contributed by atoms with E-state index >= 15 is 0 Å². The fraction of sp³-hybridized carbons (Fsp3) is 0.391. The Bertz CT molecular complexity index is 1190. The number of hydrogen-bond acceptors (Lipinski definition) is 4. The van der Waals surface area contributed by atoms with Gasteiger partial charge in [0.05, 0.1) is 28.8 Å². The topological polar surface area (TPSA) is 83.6 Å². The van der Waals surface area contributed by atoms with Crippen molar-refractivity contribution in [1.82, 2.24) is 4.90 Å². The zero-order chi connectivity index (χ0) is 24.0. The predicted molar refractivity (Wildman–Crippen MR) is 114 cm³/mol.